The van der Waals surface area contributed by atoms with E-state index in [0.717, 1.165) is 71.8 Å². The summed E-state index contributed by atoms with van der Waals surface area (Å²) in [4.78, 5) is 86.8. The minimum absolute atomic E-state index is 0.0129. The first-order valence-corrected chi connectivity index (χ1v) is 21.3. The smallest absolute Gasteiger partial charge is 0.296 e. The molecule has 3 aromatic carbocycles. The fourth-order valence-corrected chi connectivity index (χ4v) is 9.40. The fourth-order valence-electron chi connectivity index (χ4n) is 8.81. The van der Waals surface area contributed by atoms with Crippen LogP contribution in [0, 0.1) is 5.41 Å². The zero-order valence-corrected chi connectivity index (χ0v) is 34.6. The van der Waals surface area contributed by atoms with Gasteiger partial charge in [0.25, 0.3) is 28.8 Å². The number of carbonyl (C=O) groups excluding carboxylic acids is 6. The molecule has 3 fully saturated rings. The molecule has 2 N–H and O–H groups in total. The van der Waals surface area contributed by atoms with Gasteiger partial charge in [-0.3, -0.25) is 49.3 Å². The Balaban J connectivity index is 0.743. The number of amides is 6. The Morgan fingerprint density at radius 3 is 2.35 bits per heavy atom. The minimum atomic E-state index is -0.997. The van der Waals surface area contributed by atoms with Gasteiger partial charge in [0, 0.05) is 67.4 Å². The number of benzene rings is 3. The van der Waals surface area contributed by atoms with Crippen molar-refractivity contribution in [3.63, 3.8) is 0 Å². The van der Waals surface area contributed by atoms with Gasteiger partial charge in [-0.1, -0.05) is 35.4 Å². The molecular formula is C45H42N8O8S. The SMILES string of the molecule is COc1ccccc1-c1cnccc1C(=O)Nc1nnc(OCc2ccc(C(=O)N3CCC4(CC3)CCN(c3ccc5c(c3)C(=O)N(C3CCC(=O)NC3=O)C5=O)CC4)cc2)s1. The lowest BCUT2D eigenvalue weighted by atomic mass is 9.71. The van der Waals surface area contributed by atoms with Gasteiger partial charge in [0.2, 0.25) is 16.9 Å². The third-order valence-electron chi connectivity index (χ3n) is 12.4. The first-order chi connectivity index (χ1) is 30.1. The summed E-state index contributed by atoms with van der Waals surface area (Å²) in [6.07, 6.45) is 7.03. The Bertz CT molecular complexity index is 2600. The highest BCUT2D eigenvalue weighted by atomic mass is 32.1. The zero-order valence-electron chi connectivity index (χ0n) is 33.8. The molecule has 6 heterocycles. The van der Waals surface area contributed by atoms with Gasteiger partial charge >= 0.3 is 0 Å². The van der Waals surface area contributed by atoms with Gasteiger partial charge in [-0.15, -0.1) is 5.10 Å². The van der Waals surface area contributed by atoms with Crippen LogP contribution in [0.15, 0.2) is 85.2 Å². The lowest BCUT2D eigenvalue weighted by molar-refractivity contribution is -0.136. The molecule has 9 rings (SSSR count). The maximum Gasteiger partial charge on any atom is 0.296 e. The summed E-state index contributed by atoms with van der Waals surface area (Å²) in [6, 6.07) is 20.6. The van der Waals surface area contributed by atoms with E-state index in [1.165, 1.54) is 0 Å². The van der Waals surface area contributed by atoms with Crippen molar-refractivity contribution in [1.29, 1.82) is 0 Å². The van der Waals surface area contributed by atoms with Crippen LogP contribution in [0.1, 0.15) is 85.5 Å². The number of fused-ring (bicyclic) bond motifs is 1. The first kappa shape index (κ1) is 40.4. The lowest BCUT2D eigenvalue weighted by Crippen LogP contribution is -2.54. The van der Waals surface area contributed by atoms with E-state index in [-0.39, 0.29) is 58.1 Å². The molecule has 4 aliphatic heterocycles. The van der Waals surface area contributed by atoms with Gasteiger partial charge in [0.05, 0.1) is 23.8 Å². The van der Waals surface area contributed by atoms with Crippen molar-refractivity contribution in [2.45, 2.75) is 51.2 Å². The first-order valence-electron chi connectivity index (χ1n) is 20.4. The molecular weight excluding hydrogens is 813 g/mol. The number of ether oxygens (including phenoxy) is 2. The third-order valence-corrected chi connectivity index (χ3v) is 13.1. The highest BCUT2D eigenvalue weighted by Gasteiger charge is 2.45. The standard InChI is InChI=1S/C45H42N8O8S/c1-60-36-5-3-2-4-30(36)34-25-46-19-14-31(34)38(55)48-43-49-50-44(62-43)61-26-27-6-8-28(9-7-27)40(57)52-22-17-45(18-23-52)15-20-51(21-16-45)29-10-11-32-33(24-29)42(59)53(41(32)58)35-12-13-37(54)47-39(35)56/h2-11,14,19,24-25,35H,12-13,15-18,20-23,26H2,1H3,(H,47,54,56)(H,48,49,55). The number of methoxy groups -OCH3 is 1. The van der Waals surface area contributed by atoms with Gasteiger partial charge in [-0.2, -0.15) is 0 Å². The number of likely N-dealkylation sites (tertiary alicyclic amines) is 1. The molecule has 1 unspecified atom stereocenters. The molecule has 1 spiro atoms. The van der Waals surface area contributed by atoms with E-state index >= 15 is 0 Å². The molecule has 4 aliphatic rings. The zero-order chi connectivity index (χ0) is 43.0. The molecule has 3 saturated heterocycles. The van der Waals surface area contributed by atoms with E-state index in [4.69, 9.17) is 9.47 Å². The molecule has 17 heteroatoms. The van der Waals surface area contributed by atoms with Crippen LogP contribution in [-0.4, -0.2) is 99.8 Å². The van der Waals surface area contributed by atoms with E-state index in [9.17, 15) is 28.8 Å². The highest BCUT2D eigenvalue weighted by molar-refractivity contribution is 7.17. The molecule has 316 valence electrons. The second-order valence-electron chi connectivity index (χ2n) is 15.9. The maximum absolute atomic E-state index is 13.6. The number of nitrogens with one attached hydrogen (secondary N) is 2. The molecule has 0 saturated carbocycles. The second-order valence-corrected chi connectivity index (χ2v) is 16.8. The highest BCUT2D eigenvalue weighted by Crippen LogP contribution is 2.43. The Morgan fingerprint density at radius 1 is 0.855 bits per heavy atom. The number of carbonyl (C=O) groups is 6. The van der Waals surface area contributed by atoms with Crippen molar-refractivity contribution >= 4 is 57.6 Å². The number of hydrogen-bond donors (Lipinski definition) is 2. The predicted octanol–water partition coefficient (Wildman–Crippen LogP) is 5.36. The number of anilines is 2. The van der Waals surface area contributed by atoms with E-state index in [2.05, 4.69) is 30.7 Å². The number of piperidine rings is 3. The average molecular weight is 855 g/mol. The van der Waals surface area contributed by atoms with Crippen LogP contribution in [0.25, 0.3) is 11.1 Å². The Hall–Kier alpha value is -7.01. The summed E-state index contributed by atoms with van der Waals surface area (Å²) in [6.45, 7) is 3.07. The molecule has 6 amide bonds. The summed E-state index contributed by atoms with van der Waals surface area (Å²) < 4.78 is 11.4. The number of nitrogens with zero attached hydrogens (tertiary/aromatic N) is 6. The summed E-state index contributed by atoms with van der Waals surface area (Å²) in [7, 11) is 1.57. The summed E-state index contributed by atoms with van der Waals surface area (Å²) in [5.41, 5.74) is 4.71. The maximum atomic E-state index is 13.6. The molecule has 0 aliphatic carbocycles. The fraction of sp³-hybridized carbons (Fsp3) is 0.311. The number of hydrogen-bond acceptors (Lipinski definition) is 13. The molecule has 16 nitrogen and oxygen atoms in total. The van der Waals surface area contributed by atoms with Crippen LogP contribution in [0.3, 0.4) is 0 Å². The van der Waals surface area contributed by atoms with Crippen LogP contribution in [0.4, 0.5) is 10.8 Å². The number of pyridine rings is 1. The van der Waals surface area contributed by atoms with E-state index < -0.39 is 29.7 Å². The largest absolute Gasteiger partial charge is 0.496 e. The van der Waals surface area contributed by atoms with Crippen LogP contribution < -0.4 is 25.0 Å². The Labute approximate surface area is 360 Å². The molecule has 0 bridgehead atoms. The Morgan fingerprint density at radius 2 is 1.60 bits per heavy atom. The van der Waals surface area contributed by atoms with Crippen molar-refractivity contribution in [2.75, 3.05) is 43.5 Å². The summed E-state index contributed by atoms with van der Waals surface area (Å²) >= 11 is 1.10. The molecule has 1 atom stereocenters. The summed E-state index contributed by atoms with van der Waals surface area (Å²) in [5.74, 6) is -1.82. The minimum Gasteiger partial charge on any atom is -0.496 e. The number of rotatable bonds is 10. The Kier molecular flexibility index (Phi) is 10.9. The van der Waals surface area contributed by atoms with Gasteiger partial charge in [-0.05, 0) is 96.9 Å². The topological polar surface area (TPSA) is 193 Å². The number of aromatic nitrogens is 3. The van der Waals surface area contributed by atoms with Gasteiger partial charge in [0.15, 0.2) is 0 Å². The van der Waals surface area contributed by atoms with E-state index in [1.807, 2.05) is 59.5 Å². The van der Waals surface area contributed by atoms with Crippen LogP contribution in [-0.2, 0) is 16.2 Å². The van der Waals surface area contributed by atoms with Crippen LogP contribution in [0.5, 0.6) is 10.9 Å². The lowest BCUT2D eigenvalue weighted by Gasteiger charge is -2.47. The van der Waals surface area contributed by atoms with E-state index in [0.29, 0.717) is 35.5 Å². The third kappa shape index (κ3) is 7.86. The van der Waals surface area contributed by atoms with E-state index in [1.54, 1.807) is 37.7 Å². The molecule has 5 aromatic rings. The van der Waals surface area contributed by atoms with Crippen LogP contribution >= 0.6 is 11.3 Å². The van der Waals surface area contributed by atoms with Crippen molar-refractivity contribution in [3.8, 4) is 22.1 Å². The predicted molar refractivity (Wildman–Crippen MR) is 227 cm³/mol. The van der Waals surface area contributed by atoms with Crippen molar-refractivity contribution in [2.24, 2.45) is 5.41 Å². The number of para-hydroxylation sites is 1. The van der Waals surface area contributed by atoms with Crippen molar-refractivity contribution in [1.82, 2.24) is 30.3 Å². The molecule has 0 radical (unpaired) electrons. The van der Waals surface area contributed by atoms with Crippen molar-refractivity contribution in [3.05, 3.63) is 113 Å². The van der Waals surface area contributed by atoms with Crippen molar-refractivity contribution < 1.29 is 38.2 Å². The monoisotopic (exact) mass is 854 g/mol. The van der Waals surface area contributed by atoms with Gasteiger partial charge in [0.1, 0.15) is 18.4 Å². The number of imide groups is 2. The normalized spacial score (nSPS) is 18.4. The summed E-state index contributed by atoms with van der Waals surface area (Å²) in [5, 5.41) is 13.8. The molecule has 2 aromatic heterocycles. The van der Waals surface area contributed by atoms with Gasteiger partial charge < -0.3 is 19.3 Å². The van der Waals surface area contributed by atoms with Gasteiger partial charge in [-0.25, -0.2) is 0 Å². The quantitative estimate of drug-likeness (QED) is 0.171. The average Bonchev–Trinajstić information content (AvgIpc) is 3.85. The second kappa shape index (κ2) is 16.8. The molecule has 62 heavy (non-hydrogen) atoms. The van der Waals surface area contributed by atoms with Crippen LogP contribution in [0.2, 0.25) is 0 Å².